The zero-order chi connectivity index (χ0) is 14.0. The van der Waals surface area contributed by atoms with Crippen molar-refractivity contribution in [2.24, 2.45) is 0 Å². The minimum absolute atomic E-state index is 0.0796. The minimum Gasteiger partial charge on any atom is -0.444 e. The standard InChI is InChI=1S/C15H21NO3/c1-10(16-14(17)19-15(2,3)4)11-5-7-12(8-6-11)13-9-18-13/h5-8,10,13H,9H2,1-4H3,(H,16,17)/t10-,13-/m0/s1. The largest absolute Gasteiger partial charge is 0.444 e. The van der Waals surface area contributed by atoms with Crippen LogP contribution in [-0.4, -0.2) is 18.3 Å². The van der Waals surface area contributed by atoms with E-state index in [2.05, 4.69) is 5.32 Å². The Labute approximate surface area is 114 Å². The fraction of sp³-hybridized carbons (Fsp3) is 0.533. The minimum atomic E-state index is -0.475. The van der Waals surface area contributed by atoms with Crippen molar-refractivity contribution in [1.29, 1.82) is 0 Å². The van der Waals surface area contributed by atoms with Gasteiger partial charge in [0.05, 0.1) is 12.6 Å². The van der Waals surface area contributed by atoms with Crippen molar-refractivity contribution in [2.75, 3.05) is 6.61 Å². The second-order valence-electron chi connectivity index (χ2n) is 5.86. The number of carbonyl (C=O) groups excluding carboxylic acids is 1. The molecule has 1 fully saturated rings. The molecule has 1 saturated heterocycles. The first-order valence-electron chi connectivity index (χ1n) is 6.56. The summed E-state index contributed by atoms with van der Waals surface area (Å²) in [6.07, 6.45) is -0.127. The molecule has 0 saturated carbocycles. The van der Waals surface area contributed by atoms with Gasteiger partial charge < -0.3 is 14.8 Å². The highest BCUT2D eigenvalue weighted by atomic mass is 16.6. The summed E-state index contributed by atoms with van der Waals surface area (Å²) in [5.41, 5.74) is 1.76. The summed E-state index contributed by atoms with van der Waals surface area (Å²) in [7, 11) is 0. The van der Waals surface area contributed by atoms with Crippen molar-refractivity contribution < 1.29 is 14.3 Å². The van der Waals surface area contributed by atoms with E-state index in [1.807, 2.05) is 52.0 Å². The average molecular weight is 263 g/mol. The van der Waals surface area contributed by atoms with Gasteiger partial charge in [0.15, 0.2) is 0 Å². The number of epoxide rings is 1. The molecule has 19 heavy (non-hydrogen) atoms. The van der Waals surface area contributed by atoms with Crippen molar-refractivity contribution in [3.63, 3.8) is 0 Å². The number of rotatable bonds is 3. The monoisotopic (exact) mass is 263 g/mol. The van der Waals surface area contributed by atoms with E-state index in [1.165, 1.54) is 5.56 Å². The number of benzene rings is 1. The van der Waals surface area contributed by atoms with Crippen molar-refractivity contribution >= 4 is 6.09 Å². The fourth-order valence-electron chi connectivity index (χ4n) is 1.81. The summed E-state index contributed by atoms with van der Waals surface area (Å²) in [4.78, 5) is 11.7. The van der Waals surface area contributed by atoms with Crippen LogP contribution in [0.1, 0.15) is 51.0 Å². The van der Waals surface area contributed by atoms with Crippen LogP contribution in [0.3, 0.4) is 0 Å². The smallest absolute Gasteiger partial charge is 0.408 e. The number of hydrogen-bond donors (Lipinski definition) is 1. The van der Waals surface area contributed by atoms with Gasteiger partial charge in [-0.3, -0.25) is 0 Å². The van der Waals surface area contributed by atoms with Gasteiger partial charge in [-0.15, -0.1) is 0 Å². The number of ether oxygens (including phenoxy) is 2. The summed E-state index contributed by atoms with van der Waals surface area (Å²) in [6.45, 7) is 8.29. The average Bonchev–Trinajstić information content (AvgIpc) is 3.10. The Morgan fingerprint density at radius 3 is 2.42 bits per heavy atom. The number of amides is 1. The summed E-state index contributed by atoms with van der Waals surface area (Å²) in [6, 6.07) is 8.03. The highest BCUT2D eigenvalue weighted by Gasteiger charge is 2.24. The molecular weight excluding hydrogens is 242 g/mol. The maximum absolute atomic E-state index is 11.7. The zero-order valence-electron chi connectivity index (χ0n) is 11.9. The number of nitrogens with one attached hydrogen (secondary N) is 1. The molecule has 0 spiro atoms. The van der Waals surface area contributed by atoms with Crippen LogP contribution < -0.4 is 5.32 Å². The van der Waals surface area contributed by atoms with Gasteiger partial charge in [0.1, 0.15) is 11.7 Å². The molecule has 4 nitrogen and oxygen atoms in total. The van der Waals surface area contributed by atoms with E-state index in [1.54, 1.807) is 0 Å². The molecule has 1 aliphatic rings. The third-order valence-electron chi connectivity index (χ3n) is 2.87. The molecule has 2 atom stereocenters. The number of carbonyl (C=O) groups is 1. The van der Waals surface area contributed by atoms with Crippen molar-refractivity contribution in [1.82, 2.24) is 5.32 Å². The summed E-state index contributed by atoms with van der Waals surface area (Å²) in [5.74, 6) is 0. The molecule has 4 heteroatoms. The molecule has 1 heterocycles. The van der Waals surface area contributed by atoms with Crippen LogP contribution in [0.4, 0.5) is 4.79 Å². The summed E-state index contributed by atoms with van der Waals surface area (Å²) >= 11 is 0. The lowest BCUT2D eigenvalue weighted by Crippen LogP contribution is -2.34. The van der Waals surface area contributed by atoms with Gasteiger partial charge in [-0.1, -0.05) is 24.3 Å². The molecule has 0 aromatic heterocycles. The zero-order valence-corrected chi connectivity index (χ0v) is 11.9. The van der Waals surface area contributed by atoms with Gasteiger partial charge in [0.25, 0.3) is 0 Å². The Hall–Kier alpha value is -1.55. The SMILES string of the molecule is C[C@H](NC(=O)OC(C)(C)C)c1ccc([C@@H]2CO2)cc1. The van der Waals surface area contributed by atoms with Crippen molar-refractivity contribution in [3.8, 4) is 0 Å². The van der Waals surface area contributed by atoms with E-state index in [0.29, 0.717) is 0 Å². The number of hydrogen-bond acceptors (Lipinski definition) is 3. The Kier molecular flexibility index (Phi) is 3.80. The van der Waals surface area contributed by atoms with Gasteiger partial charge in [0.2, 0.25) is 0 Å². The Morgan fingerprint density at radius 1 is 1.37 bits per heavy atom. The third-order valence-corrected chi connectivity index (χ3v) is 2.87. The number of alkyl carbamates (subject to hydrolysis) is 1. The first kappa shape index (κ1) is 13.9. The lowest BCUT2D eigenvalue weighted by Gasteiger charge is -2.22. The second kappa shape index (κ2) is 5.21. The summed E-state index contributed by atoms with van der Waals surface area (Å²) < 4.78 is 10.5. The molecule has 1 aromatic carbocycles. The van der Waals surface area contributed by atoms with Crippen molar-refractivity contribution in [2.45, 2.75) is 45.4 Å². The maximum atomic E-state index is 11.7. The second-order valence-corrected chi connectivity index (χ2v) is 5.86. The van der Waals surface area contributed by atoms with Gasteiger partial charge >= 0.3 is 6.09 Å². The van der Waals surface area contributed by atoms with Gasteiger partial charge in [-0.2, -0.15) is 0 Å². The topological polar surface area (TPSA) is 50.9 Å². The first-order chi connectivity index (χ1) is 8.85. The van der Waals surface area contributed by atoms with E-state index >= 15 is 0 Å². The van der Waals surface area contributed by atoms with Crippen LogP contribution in [-0.2, 0) is 9.47 Å². The Morgan fingerprint density at radius 2 is 1.95 bits per heavy atom. The lowest BCUT2D eigenvalue weighted by molar-refractivity contribution is 0.0508. The van der Waals surface area contributed by atoms with Crippen LogP contribution >= 0.6 is 0 Å². The predicted molar refractivity (Wildman–Crippen MR) is 72.9 cm³/mol. The third kappa shape index (κ3) is 4.24. The molecule has 1 aliphatic heterocycles. The highest BCUT2D eigenvalue weighted by molar-refractivity contribution is 5.68. The molecule has 2 rings (SSSR count). The predicted octanol–water partition coefficient (Wildman–Crippen LogP) is 3.34. The quantitative estimate of drug-likeness (QED) is 0.851. The lowest BCUT2D eigenvalue weighted by atomic mass is 10.1. The van der Waals surface area contributed by atoms with E-state index in [9.17, 15) is 4.79 Å². The molecule has 0 aliphatic carbocycles. The Balaban J connectivity index is 1.91. The van der Waals surface area contributed by atoms with E-state index in [-0.39, 0.29) is 12.1 Å². The highest BCUT2D eigenvalue weighted by Crippen LogP contribution is 2.30. The normalized spacial score (nSPS) is 19.7. The fourth-order valence-corrected chi connectivity index (χ4v) is 1.81. The van der Waals surface area contributed by atoms with E-state index in [4.69, 9.17) is 9.47 Å². The van der Waals surface area contributed by atoms with Crippen LogP contribution in [0, 0.1) is 0 Å². The molecule has 1 N–H and O–H groups in total. The summed E-state index contributed by atoms with van der Waals surface area (Å²) in [5, 5.41) is 2.82. The van der Waals surface area contributed by atoms with Gasteiger partial charge in [-0.05, 0) is 38.8 Å². The molecule has 0 bridgehead atoms. The van der Waals surface area contributed by atoms with Crippen LogP contribution in [0.5, 0.6) is 0 Å². The molecule has 1 aromatic rings. The van der Waals surface area contributed by atoms with Gasteiger partial charge in [0, 0.05) is 0 Å². The van der Waals surface area contributed by atoms with Crippen LogP contribution in [0.25, 0.3) is 0 Å². The molecular formula is C15H21NO3. The van der Waals surface area contributed by atoms with E-state index < -0.39 is 11.7 Å². The van der Waals surface area contributed by atoms with Gasteiger partial charge in [-0.25, -0.2) is 4.79 Å². The molecule has 104 valence electrons. The molecule has 0 unspecified atom stereocenters. The molecule has 1 amide bonds. The maximum Gasteiger partial charge on any atom is 0.408 e. The van der Waals surface area contributed by atoms with Crippen LogP contribution in [0.2, 0.25) is 0 Å². The van der Waals surface area contributed by atoms with Crippen molar-refractivity contribution in [3.05, 3.63) is 35.4 Å². The first-order valence-corrected chi connectivity index (χ1v) is 6.56. The van der Waals surface area contributed by atoms with E-state index in [0.717, 1.165) is 12.2 Å². The Bertz CT molecular complexity index is 443. The molecule has 0 radical (unpaired) electrons. The van der Waals surface area contributed by atoms with Crippen LogP contribution in [0.15, 0.2) is 24.3 Å².